The highest BCUT2D eigenvalue weighted by Gasteiger charge is 2.60. The van der Waals surface area contributed by atoms with Gasteiger partial charge in [0.05, 0.1) is 7.11 Å². The van der Waals surface area contributed by atoms with E-state index in [9.17, 15) is 4.79 Å². The predicted molar refractivity (Wildman–Crippen MR) is 73.2 cm³/mol. The third kappa shape index (κ3) is 3.99. The molecule has 114 valence electrons. The van der Waals surface area contributed by atoms with E-state index in [1.165, 1.54) is 21.3 Å². The van der Waals surface area contributed by atoms with Crippen molar-refractivity contribution in [2.24, 2.45) is 0 Å². The molecular weight excluding hydrogens is 268 g/mol. The second kappa shape index (κ2) is 6.80. The molecule has 0 aromatic rings. The molecule has 0 amide bonds. The first-order valence-electron chi connectivity index (χ1n) is 6.15. The van der Waals surface area contributed by atoms with Crippen molar-refractivity contribution in [3.63, 3.8) is 0 Å². The smallest absolute Gasteiger partial charge is 0.372 e. The van der Waals surface area contributed by atoms with Crippen LogP contribution in [0.25, 0.3) is 0 Å². The largest absolute Gasteiger partial charge is 0.465 e. The number of methoxy groups -OCH3 is 3. The number of esters is 1. The second-order valence-electron chi connectivity index (χ2n) is 5.11. The molecule has 0 fully saturated rings. The summed E-state index contributed by atoms with van der Waals surface area (Å²) in [6.07, 6.45) is 0. The zero-order valence-corrected chi connectivity index (χ0v) is 14.2. The summed E-state index contributed by atoms with van der Waals surface area (Å²) in [6, 6.07) is 0. The summed E-state index contributed by atoms with van der Waals surface area (Å²) in [5.41, 5.74) is 0. The summed E-state index contributed by atoms with van der Waals surface area (Å²) in [5.74, 6) is -3.85. The Morgan fingerprint density at radius 2 is 1.58 bits per heavy atom. The molecule has 0 aromatic heterocycles. The maximum absolute atomic E-state index is 12.1. The summed E-state index contributed by atoms with van der Waals surface area (Å²) in [6.45, 7) is 9.72. The molecule has 0 saturated heterocycles. The van der Waals surface area contributed by atoms with Crippen LogP contribution in [0.4, 0.5) is 0 Å². The molecule has 0 aromatic carbocycles. The van der Waals surface area contributed by atoms with Gasteiger partial charge in [0.2, 0.25) is 5.79 Å². The number of hydrogen-bond donors (Lipinski definition) is 0. The average molecular weight is 294 g/mol. The predicted octanol–water partition coefficient (Wildman–Crippen LogP) is 1.75. The lowest BCUT2D eigenvalue weighted by atomic mass is 10.1. The van der Waals surface area contributed by atoms with Gasteiger partial charge in [-0.2, -0.15) is 0 Å². The molecule has 19 heavy (non-hydrogen) atoms. The van der Waals surface area contributed by atoms with Crippen LogP contribution in [-0.4, -0.2) is 53.8 Å². The van der Waals surface area contributed by atoms with E-state index in [1.54, 1.807) is 13.8 Å². The van der Waals surface area contributed by atoms with Gasteiger partial charge in [-0.25, -0.2) is 4.79 Å². The van der Waals surface area contributed by atoms with Gasteiger partial charge in [-0.15, -0.1) is 0 Å². The molecule has 0 rings (SSSR count). The van der Waals surface area contributed by atoms with Gasteiger partial charge in [0.25, 0.3) is 0 Å². The Labute approximate surface area is 116 Å². The van der Waals surface area contributed by atoms with E-state index < -0.39 is 25.9 Å². The Bertz CT molecular complexity index is 297. The average Bonchev–Trinajstić information content (AvgIpc) is 2.28. The third-order valence-corrected chi connectivity index (χ3v) is 3.55. The van der Waals surface area contributed by atoms with E-state index in [2.05, 4.69) is 0 Å². The van der Waals surface area contributed by atoms with Gasteiger partial charge in [-0.3, -0.25) is 0 Å². The van der Waals surface area contributed by atoms with E-state index in [0.29, 0.717) is 6.61 Å². The topological polar surface area (TPSA) is 63.2 Å². The zero-order chi connectivity index (χ0) is 15.3. The lowest BCUT2D eigenvalue weighted by molar-refractivity contribution is -0.358. The highest BCUT2D eigenvalue weighted by Crippen LogP contribution is 2.35. The van der Waals surface area contributed by atoms with E-state index in [1.807, 2.05) is 19.6 Å². The zero-order valence-electron chi connectivity index (χ0n) is 13.2. The molecule has 0 saturated carbocycles. The Morgan fingerprint density at radius 1 is 1.11 bits per heavy atom. The molecular formula is C12H26O6Si. The third-order valence-electron chi connectivity index (χ3n) is 2.55. The van der Waals surface area contributed by atoms with E-state index in [0.717, 1.165) is 0 Å². The minimum Gasteiger partial charge on any atom is -0.465 e. The van der Waals surface area contributed by atoms with Crippen LogP contribution in [0.3, 0.4) is 0 Å². The molecule has 0 heterocycles. The van der Waals surface area contributed by atoms with Crippen molar-refractivity contribution < 1.29 is 28.2 Å². The molecule has 0 spiro atoms. The lowest BCUT2D eigenvalue weighted by Crippen LogP contribution is -2.65. The van der Waals surface area contributed by atoms with Crippen molar-refractivity contribution in [3.05, 3.63) is 0 Å². The molecule has 0 radical (unpaired) electrons. The normalized spacial score (nSPS) is 16.0. The van der Waals surface area contributed by atoms with E-state index in [4.69, 9.17) is 23.4 Å². The molecule has 0 aliphatic carbocycles. The van der Waals surface area contributed by atoms with Crippen molar-refractivity contribution in [1.82, 2.24) is 0 Å². The van der Waals surface area contributed by atoms with Gasteiger partial charge in [0, 0.05) is 20.8 Å². The summed E-state index contributed by atoms with van der Waals surface area (Å²) in [5, 5.41) is 0. The van der Waals surface area contributed by atoms with Crippen LogP contribution in [-0.2, 0) is 28.2 Å². The van der Waals surface area contributed by atoms with Crippen molar-refractivity contribution in [2.75, 3.05) is 27.9 Å². The molecule has 7 heteroatoms. The molecule has 1 unspecified atom stereocenters. The van der Waals surface area contributed by atoms with Gasteiger partial charge in [0.1, 0.15) is 0 Å². The standard InChI is InChI=1S/C12H26O6Si/c1-9-17-11(2,18-19(6,7)8)12(15-4,16-5)10(13)14-3/h9H2,1-8H3. The van der Waals surface area contributed by atoms with Crippen molar-refractivity contribution in [2.45, 2.75) is 45.1 Å². The number of carbonyl (C=O) groups excluding carboxylic acids is 1. The Hall–Kier alpha value is -0.473. The van der Waals surface area contributed by atoms with Crippen LogP contribution in [0.1, 0.15) is 13.8 Å². The molecule has 0 aliphatic heterocycles. The summed E-state index contributed by atoms with van der Waals surface area (Å²) >= 11 is 0. The maximum Gasteiger partial charge on any atom is 0.372 e. The van der Waals surface area contributed by atoms with Crippen LogP contribution in [0.2, 0.25) is 19.6 Å². The maximum atomic E-state index is 12.1. The highest BCUT2D eigenvalue weighted by atomic mass is 28.4. The van der Waals surface area contributed by atoms with Crippen LogP contribution in [0.15, 0.2) is 0 Å². The number of hydrogen-bond acceptors (Lipinski definition) is 6. The molecule has 0 bridgehead atoms. The Kier molecular flexibility index (Phi) is 6.63. The van der Waals surface area contributed by atoms with Gasteiger partial charge in [-0.1, -0.05) is 0 Å². The molecule has 6 nitrogen and oxygen atoms in total. The van der Waals surface area contributed by atoms with E-state index >= 15 is 0 Å². The SMILES string of the molecule is CCOC(C)(O[Si](C)(C)C)C(OC)(OC)C(=O)OC. The quantitative estimate of drug-likeness (QED) is 0.386. The molecule has 1 atom stereocenters. The fourth-order valence-electron chi connectivity index (χ4n) is 1.99. The molecule has 0 N–H and O–H groups in total. The fourth-order valence-corrected chi connectivity index (χ4v) is 3.35. The fraction of sp³-hybridized carbons (Fsp3) is 0.917. The first-order chi connectivity index (χ1) is 8.62. The van der Waals surface area contributed by atoms with Crippen molar-refractivity contribution in [3.8, 4) is 0 Å². The lowest BCUT2D eigenvalue weighted by Gasteiger charge is -2.45. The van der Waals surface area contributed by atoms with Crippen LogP contribution in [0.5, 0.6) is 0 Å². The Balaban J connectivity index is 5.69. The summed E-state index contributed by atoms with van der Waals surface area (Å²) in [4.78, 5) is 12.1. The first-order valence-corrected chi connectivity index (χ1v) is 9.56. The van der Waals surface area contributed by atoms with Crippen molar-refractivity contribution >= 4 is 14.3 Å². The van der Waals surface area contributed by atoms with Gasteiger partial charge < -0.3 is 23.4 Å². The van der Waals surface area contributed by atoms with Gasteiger partial charge >= 0.3 is 11.8 Å². The van der Waals surface area contributed by atoms with Crippen molar-refractivity contribution in [1.29, 1.82) is 0 Å². The van der Waals surface area contributed by atoms with Crippen LogP contribution >= 0.6 is 0 Å². The summed E-state index contributed by atoms with van der Waals surface area (Å²) < 4.78 is 27.0. The number of ether oxygens (including phenoxy) is 4. The minimum absolute atomic E-state index is 0.340. The van der Waals surface area contributed by atoms with Gasteiger partial charge in [0.15, 0.2) is 8.32 Å². The molecule has 0 aliphatic rings. The number of rotatable bonds is 8. The highest BCUT2D eigenvalue weighted by molar-refractivity contribution is 6.69. The summed E-state index contributed by atoms with van der Waals surface area (Å²) in [7, 11) is 1.94. The van der Waals surface area contributed by atoms with E-state index in [-0.39, 0.29) is 0 Å². The Morgan fingerprint density at radius 3 is 1.84 bits per heavy atom. The van der Waals surface area contributed by atoms with Crippen LogP contribution in [0, 0.1) is 0 Å². The second-order valence-corrected chi connectivity index (χ2v) is 9.54. The number of carbonyl (C=O) groups is 1. The monoisotopic (exact) mass is 294 g/mol. The minimum atomic E-state index is -2.02. The first kappa shape index (κ1) is 18.5. The van der Waals surface area contributed by atoms with Crippen LogP contribution < -0.4 is 0 Å². The van der Waals surface area contributed by atoms with Gasteiger partial charge in [-0.05, 0) is 33.5 Å².